The zero-order valence-electron chi connectivity index (χ0n) is 16.1. The van der Waals surface area contributed by atoms with Crippen molar-refractivity contribution in [1.29, 1.82) is 0 Å². The fourth-order valence-electron chi connectivity index (χ4n) is 4.48. The van der Waals surface area contributed by atoms with Crippen molar-refractivity contribution >= 4 is 35.4 Å². The van der Waals surface area contributed by atoms with Gasteiger partial charge in [0, 0.05) is 40.3 Å². The van der Waals surface area contributed by atoms with E-state index in [2.05, 4.69) is 10.3 Å². The molecule has 3 amide bonds. The third-order valence-electron chi connectivity index (χ3n) is 5.79. The van der Waals surface area contributed by atoms with Gasteiger partial charge in [0.2, 0.25) is 0 Å². The number of thioether (sulfide) groups is 1. The maximum atomic E-state index is 12.9. The molecule has 1 aromatic heterocycles. The number of β-lactam (4-membered cyclic amide) rings is 1. The van der Waals surface area contributed by atoms with Crippen molar-refractivity contribution in [3.8, 4) is 5.75 Å². The fourth-order valence-corrected chi connectivity index (χ4v) is 5.60. The molecule has 1 aromatic carbocycles. The number of rotatable bonds is 4. The Morgan fingerprint density at radius 3 is 2.52 bits per heavy atom. The second-order valence-corrected chi connectivity index (χ2v) is 8.77. The lowest BCUT2D eigenvalue weighted by atomic mass is 9.82. The Balaban J connectivity index is 1.39. The standard InChI is InChI=1S/C21H18N4O5S/c26-13-3-1-12(2-4-13)23-21(30)24-10-11-9-15(31-14-5-7-22-8-6-14)17(20(28)29)25-16(11)18(24)19(25)27/h1-8,11,16,18,26H,9-10H2,(H,23,30)(H,28,29)/t11-,16-,18+/m1/s1. The molecule has 3 atom stereocenters. The van der Waals surface area contributed by atoms with Crippen molar-refractivity contribution < 1.29 is 24.6 Å². The summed E-state index contributed by atoms with van der Waals surface area (Å²) in [6.07, 6.45) is 3.73. The minimum Gasteiger partial charge on any atom is -0.508 e. The molecule has 5 rings (SSSR count). The van der Waals surface area contributed by atoms with Gasteiger partial charge in [0.25, 0.3) is 5.91 Å². The summed E-state index contributed by atoms with van der Waals surface area (Å²) in [7, 11) is 0. The van der Waals surface area contributed by atoms with Gasteiger partial charge in [-0.3, -0.25) is 14.7 Å². The number of carboxylic acid groups (broad SMARTS) is 1. The number of benzene rings is 1. The number of amides is 3. The first-order valence-electron chi connectivity index (χ1n) is 9.68. The molecule has 2 aromatic rings. The number of likely N-dealkylation sites (tertiary alicyclic amines) is 1. The molecule has 10 heteroatoms. The van der Waals surface area contributed by atoms with Gasteiger partial charge in [0.05, 0.1) is 6.04 Å². The molecule has 3 aliphatic rings. The van der Waals surface area contributed by atoms with Gasteiger partial charge in [-0.05, 0) is 42.8 Å². The molecule has 31 heavy (non-hydrogen) atoms. The minimum atomic E-state index is -1.14. The van der Waals surface area contributed by atoms with Crippen LogP contribution in [0.3, 0.4) is 0 Å². The number of urea groups is 1. The van der Waals surface area contributed by atoms with E-state index in [1.165, 1.54) is 33.7 Å². The predicted octanol–water partition coefficient (Wildman–Crippen LogP) is 2.32. The Kier molecular flexibility index (Phi) is 4.58. The number of aromatic hydroxyl groups is 1. The van der Waals surface area contributed by atoms with Crippen molar-refractivity contribution in [3.63, 3.8) is 0 Å². The third-order valence-corrected chi connectivity index (χ3v) is 6.90. The van der Waals surface area contributed by atoms with Crippen molar-refractivity contribution in [3.05, 3.63) is 59.4 Å². The lowest BCUT2D eigenvalue weighted by molar-refractivity contribution is -0.155. The topological polar surface area (TPSA) is 123 Å². The Labute approximate surface area is 181 Å². The highest BCUT2D eigenvalue weighted by Crippen LogP contribution is 2.50. The van der Waals surface area contributed by atoms with Gasteiger partial charge in [-0.15, -0.1) is 0 Å². The van der Waals surface area contributed by atoms with E-state index in [-0.39, 0.29) is 29.3 Å². The van der Waals surface area contributed by atoms with E-state index in [1.807, 2.05) is 0 Å². The van der Waals surface area contributed by atoms with Crippen LogP contribution in [0.4, 0.5) is 10.5 Å². The van der Waals surface area contributed by atoms with Crippen LogP contribution in [-0.2, 0) is 9.59 Å². The average molecular weight is 438 g/mol. The van der Waals surface area contributed by atoms with Crippen molar-refractivity contribution in [2.75, 3.05) is 11.9 Å². The second-order valence-electron chi connectivity index (χ2n) is 7.60. The molecule has 0 bridgehead atoms. The van der Waals surface area contributed by atoms with Gasteiger partial charge < -0.3 is 20.4 Å². The molecule has 0 radical (unpaired) electrons. The Bertz CT molecular complexity index is 1100. The summed E-state index contributed by atoms with van der Waals surface area (Å²) in [5.41, 5.74) is 0.504. The van der Waals surface area contributed by atoms with Crippen molar-refractivity contribution in [1.82, 2.24) is 14.8 Å². The van der Waals surface area contributed by atoms with Crippen LogP contribution < -0.4 is 5.32 Å². The van der Waals surface area contributed by atoms with E-state index in [9.17, 15) is 24.6 Å². The van der Waals surface area contributed by atoms with E-state index in [4.69, 9.17) is 0 Å². The lowest BCUT2D eigenvalue weighted by Crippen LogP contribution is -2.69. The lowest BCUT2D eigenvalue weighted by Gasteiger charge is -2.49. The first-order chi connectivity index (χ1) is 14.9. The van der Waals surface area contributed by atoms with Gasteiger partial charge in [-0.2, -0.15) is 0 Å². The average Bonchev–Trinajstić information content (AvgIpc) is 3.12. The van der Waals surface area contributed by atoms with Gasteiger partial charge in [0.15, 0.2) is 0 Å². The van der Waals surface area contributed by atoms with Crippen LogP contribution in [0.25, 0.3) is 0 Å². The van der Waals surface area contributed by atoms with Gasteiger partial charge in [0.1, 0.15) is 17.5 Å². The van der Waals surface area contributed by atoms with E-state index in [1.54, 1.807) is 36.7 Å². The Morgan fingerprint density at radius 2 is 1.84 bits per heavy atom. The largest absolute Gasteiger partial charge is 0.508 e. The molecule has 9 nitrogen and oxygen atoms in total. The number of aromatic nitrogens is 1. The monoisotopic (exact) mass is 438 g/mol. The maximum Gasteiger partial charge on any atom is 0.353 e. The maximum absolute atomic E-state index is 12.9. The molecule has 0 spiro atoms. The molecule has 4 heterocycles. The molecule has 3 aliphatic heterocycles. The number of allylic oxidation sites excluding steroid dienone is 1. The zero-order chi connectivity index (χ0) is 21.7. The van der Waals surface area contributed by atoms with Crippen LogP contribution in [0.1, 0.15) is 6.42 Å². The van der Waals surface area contributed by atoms with Crippen LogP contribution in [0, 0.1) is 5.92 Å². The van der Waals surface area contributed by atoms with Gasteiger partial charge >= 0.3 is 12.0 Å². The summed E-state index contributed by atoms with van der Waals surface area (Å²) < 4.78 is 0. The van der Waals surface area contributed by atoms with E-state index >= 15 is 0 Å². The number of nitrogens with zero attached hydrogens (tertiary/aromatic N) is 3. The number of carboxylic acids is 1. The minimum absolute atomic E-state index is 0.00473. The number of hydrogen-bond donors (Lipinski definition) is 3. The van der Waals surface area contributed by atoms with Crippen LogP contribution in [0.15, 0.2) is 64.3 Å². The van der Waals surface area contributed by atoms with Gasteiger partial charge in [-0.1, -0.05) is 11.8 Å². The highest BCUT2D eigenvalue weighted by Gasteiger charge is 2.64. The number of carbonyl (C=O) groups excluding carboxylic acids is 2. The quantitative estimate of drug-likeness (QED) is 0.494. The molecule has 3 N–H and O–H groups in total. The summed E-state index contributed by atoms with van der Waals surface area (Å²) in [4.78, 5) is 46.1. The van der Waals surface area contributed by atoms with Crippen LogP contribution in [-0.4, -0.2) is 61.5 Å². The highest BCUT2D eigenvalue weighted by molar-refractivity contribution is 8.03. The Morgan fingerprint density at radius 1 is 1.13 bits per heavy atom. The van der Waals surface area contributed by atoms with Crippen LogP contribution in [0.5, 0.6) is 5.75 Å². The summed E-state index contributed by atoms with van der Waals surface area (Å²) in [5, 5.41) is 22.0. The molecular formula is C21H18N4O5S. The van der Waals surface area contributed by atoms with E-state index < -0.39 is 18.0 Å². The van der Waals surface area contributed by atoms with Crippen LogP contribution >= 0.6 is 11.8 Å². The molecule has 2 fully saturated rings. The number of pyridine rings is 1. The normalized spacial score (nSPS) is 24.0. The highest BCUT2D eigenvalue weighted by atomic mass is 32.2. The molecule has 0 unspecified atom stereocenters. The number of hydrogen-bond acceptors (Lipinski definition) is 6. The third kappa shape index (κ3) is 3.19. The van der Waals surface area contributed by atoms with Crippen molar-refractivity contribution in [2.45, 2.75) is 23.4 Å². The summed E-state index contributed by atoms with van der Waals surface area (Å²) in [6, 6.07) is 8.22. The first kappa shape index (κ1) is 19.4. The molecule has 158 valence electrons. The molecular weight excluding hydrogens is 420 g/mol. The molecule has 2 saturated heterocycles. The van der Waals surface area contributed by atoms with Crippen LogP contribution in [0.2, 0.25) is 0 Å². The summed E-state index contributed by atoms with van der Waals surface area (Å²) >= 11 is 1.32. The first-order valence-corrected chi connectivity index (χ1v) is 10.5. The number of carbonyl (C=O) groups is 3. The molecule has 0 aliphatic carbocycles. The molecule has 0 saturated carbocycles. The smallest absolute Gasteiger partial charge is 0.353 e. The fraction of sp³-hybridized carbons (Fsp3) is 0.238. The summed E-state index contributed by atoms with van der Waals surface area (Å²) in [6.45, 7) is 0.356. The number of anilines is 1. The number of phenolic OH excluding ortho intramolecular Hbond substituents is 1. The number of nitrogens with one attached hydrogen (secondary N) is 1. The van der Waals surface area contributed by atoms with Crippen molar-refractivity contribution in [2.24, 2.45) is 5.92 Å². The van der Waals surface area contributed by atoms with E-state index in [0.29, 0.717) is 23.6 Å². The van der Waals surface area contributed by atoms with E-state index in [0.717, 1.165) is 4.90 Å². The summed E-state index contributed by atoms with van der Waals surface area (Å²) in [5.74, 6) is -1.48. The number of aliphatic carboxylic acids is 1. The number of phenols is 1. The Hall–Kier alpha value is -3.53. The zero-order valence-corrected chi connectivity index (χ0v) is 17.0. The predicted molar refractivity (Wildman–Crippen MR) is 111 cm³/mol. The SMILES string of the molecule is O=C(O)C1=C(Sc2ccncc2)C[C@@H]2CN(C(=O)Nc3ccc(O)cc3)[C@@H]3C(=O)N1[C@H]23. The van der Waals surface area contributed by atoms with Gasteiger partial charge in [-0.25, -0.2) is 9.59 Å². The second kappa shape index (κ2) is 7.31.